The van der Waals surface area contributed by atoms with Crippen LogP contribution < -0.4 is 5.32 Å². The molecule has 0 saturated heterocycles. The second-order valence-corrected chi connectivity index (χ2v) is 7.95. The second kappa shape index (κ2) is 8.11. The minimum atomic E-state index is -1.04. The third kappa shape index (κ3) is 4.23. The molecule has 10 heteroatoms. The number of rotatable bonds is 5. The Labute approximate surface area is 168 Å². The molecule has 0 radical (unpaired) electrons. The molecule has 3 aromatic rings. The van der Waals surface area contributed by atoms with Gasteiger partial charge in [-0.05, 0) is 30.6 Å². The fourth-order valence-electron chi connectivity index (χ4n) is 2.45. The normalized spacial score (nSPS) is 10.8. The van der Waals surface area contributed by atoms with Crippen LogP contribution in [0.15, 0.2) is 23.6 Å². The quantitative estimate of drug-likeness (QED) is 0.680. The van der Waals surface area contributed by atoms with Gasteiger partial charge in [-0.2, -0.15) is 4.37 Å². The van der Waals surface area contributed by atoms with Crippen LogP contribution in [0.3, 0.4) is 0 Å². The van der Waals surface area contributed by atoms with Crippen molar-refractivity contribution in [2.75, 3.05) is 19.4 Å². The first-order chi connectivity index (χ1) is 13.3. The van der Waals surface area contributed by atoms with Crippen molar-refractivity contribution in [2.24, 2.45) is 0 Å². The summed E-state index contributed by atoms with van der Waals surface area (Å²) in [6, 6.07) is 3.15. The average Bonchev–Trinajstić information content (AvgIpc) is 3.24. The fraction of sp³-hybridized carbons (Fsp3) is 0.222. The Hall–Kier alpha value is -2.72. The smallest absolute Gasteiger partial charge is 0.272 e. The van der Waals surface area contributed by atoms with E-state index in [0.29, 0.717) is 33.3 Å². The van der Waals surface area contributed by atoms with Crippen LogP contribution in [0.2, 0.25) is 0 Å². The predicted molar refractivity (Wildman–Crippen MR) is 104 cm³/mol. The molecule has 1 aromatic carbocycles. The molecule has 0 saturated carbocycles. The number of nitrogens with zero attached hydrogens (tertiary/aromatic N) is 3. The lowest BCUT2D eigenvalue weighted by atomic mass is 10.1. The van der Waals surface area contributed by atoms with Crippen molar-refractivity contribution in [1.29, 1.82) is 0 Å². The lowest BCUT2D eigenvalue weighted by molar-refractivity contribution is 0.0822. The van der Waals surface area contributed by atoms with E-state index >= 15 is 0 Å². The summed E-state index contributed by atoms with van der Waals surface area (Å²) >= 11 is 2.49. The average molecular weight is 422 g/mol. The first-order valence-electron chi connectivity index (χ1n) is 8.14. The van der Waals surface area contributed by atoms with Crippen molar-refractivity contribution in [1.82, 2.24) is 14.3 Å². The maximum Gasteiger partial charge on any atom is 0.272 e. The minimum Gasteiger partial charge on any atom is -0.343 e. The van der Waals surface area contributed by atoms with Gasteiger partial charge in [-0.25, -0.2) is 13.8 Å². The van der Waals surface area contributed by atoms with Crippen molar-refractivity contribution in [3.8, 4) is 0 Å². The van der Waals surface area contributed by atoms with Crippen molar-refractivity contribution >= 4 is 40.4 Å². The molecule has 146 valence electrons. The maximum atomic E-state index is 13.4. The zero-order chi connectivity index (χ0) is 20.4. The molecule has 28 heavy (non-hydrogen) atoms. The molecule has 1 N–H and O–H groups in total. The summed E-state index contributed by atoms with van der Waals surface area (Å²) in [5.41, 5.74) is 1.39. The number of hydrogen-bond acceptors (Lipinski definition) is 6. The zero-order valence-corrected chi connectivity index (χ0v) is 16.9. The summed E-state index contributed by atoms with van der Waals surface area (Å²) in [4.78, 5) is 31.1. The van der Waals surface area contributed by atoms with Gasteiger partial charge in [0.05, 0.1) is 16.3 Å². The minimum absolute atomic E-state index is 0.147. The first kappa shape index (κ1) is 20.0. The number of carbonyl (C=O) groups excluding carboxylic acids is 2. The van der Waals surface area contributed by atoms with Crippen LogP contribution in [0.1, 0.15) is 36.4 Å². The van der Waals surface area contributed by atoms with E-state index in [9.17, 15) is 18.4 Å². The molecule has 6 nitrogen and oxygen atoms in total. The Morgan fingerprint density at radius 2 is 1.96 bits per heavy atom. The number of hydrogen-bond donors (Lipinski definition) is 1. The summed E-state index contributed by atoms with van der Waals surface area (Å²) in [6.07, 6.45) is 0.345. The Morgan fingerprint density at radius 3 is 2.64 bits per heavy atom. The molecule has 0 bridgehead atoms. The topological polar surface area (TPSA) is 75.2 Å². The number of aromatic nitrogens is 2. The summed E-state index contributed by atoms with van der Waals surface area (Å²) < 4.78 is 30.7. The molecule has 0 aliphatic carbocycles. The van der Waals surface area contributed by atoms with Crippen LogP contribution in [0.4, 0.5) is 14.5 Å². The van der Waals surface area contributed by atoms with Crippen LogP contribution in [0.25, 0.3) is 0 Å². The highest BCUT2D eigenvalue weighted by molar-refractivity contribution is 7.10. The van der Waals surface area contributed by atoms with E-state index in [1.54, 1.807) is 26.4 Å². The first-order valence-corrected chi connectivity index (χ1v) is 9.79. The summed E-state index contributed by atoms with van der Waals surface area (Å²) in [5, 5.41) is 4.91. The van der Waals surface area contributed by atoms with Crippen LogP contribution in [0, 0.1) is 18.6 Å². The highest BCUT2D eigenvalue weighted by Gasteiger charge is 2.21. The number of thiazole rings is 1. The van der Waals surface area contributed by atoms with Crippen LogP contribution >= 0.6 is 22.9 Å². The standard InChI is InChI=1S/C18H16F2N4O2S2/c1-9-16(17(25)21-10-4-5-11(19)12(20)6-10)14(28-23-9)7-15-22-13(8-27-15)18(26)24(2)3/h4-6,8H,7H2,1-3H3,(H,21,25). The molecule has 0 unspecified atom stereocenters. The number of carbonyl (C=O) groups is 2. The number of halogens is 2. The maximum absolute atomic E-state index is 13.4. The zero-order valence-electron chi connectivity index (χ0n) is 15.2. The van der Waals surface area contributed by atoms with E-state index in [-0.39, 0.29) is 11.6 Å². The van der Waals surface area contributed by atoms with Gasteiger partial charge in [0.15, 0.2) is 11.6 Å². The van der Waals surface area contributed by atoms with E-state index in [2.05, 4.69) is 14.7 Å². The monoisotopic (exact) mass is 422 g/mol. The van der Waals surface area contributed by atoms with Crippen molar-refractivity contribution in [2.45, 2.75) is 13.3 Å². The number of amides is 2. The van der Waals surface area contributed by atoms with Crippen LogP contribution in [0.5, 0.6) is 0 Å². The van der Waals surface area contributed by atoms with Crippen molar-refractivity contribution in [3.05, 3.63) is 62.0 Å². The van der Waals surface area contributed by atoms with E-state index < -0.39 is 17.5 Å². The second-order valence-electron chi connectivity index (χ2n) is 6.15. The van der Waals surface area contributed by atoms with Gasteiger partial charge in [-0.3, -0.25) is 9.59 Å². The van der Waals surface area contributed by atoms with Gasteiger partial charge in [0.25, 0.3) is 11.8 Å². The molecule has 0 aliphatic heterocycles. The molecule has 0 fully saturated rings. The van der Waals surface area contributed by atoms with Crippen molar-refractivity contribution in [3.63, 3.8) is 0 Å². The Morgan fingerprint density at radius 1 is 1.21 bits per heavy atom. The van der Waals surface area contributed by atoms with Gasteiger partial charge in [0.2, 0.25) is 0 Å². The molecule has 0 aliphatic rings. The van der Waals surface area contributed by atoms with E-state index in [4.69, 9.17) is 0 Å². The largest absolute Gasteiger partial charge is 0.343 e. The van der Waals surface area contributed by atoms with Gasteiger partial charge in [-0.1, -0.05) is 0 Å². The summed E-state index contributed by atoms with van der Waals surface area (Å²) in [5.74, 6) is -2.69. The van der Waals surface area contributed by atoms with Gasteiger partial charge in [-0.15, -0.1) is 11.3 Å². The van der Waals surface area contributed by atoms with Gasteiger partial charge < -0.3 is 10.2 Å². The van der Waals surface area contributed by atoms with Crippen LogP contribution in [-0.4, -0.2) is 40.2 Å². The molecule has 2 heterocycles. The van der Waals surface area contributed by atoms with Gasteiger partial charge in [0.1, 0.15) is 5.69 Å². The number of aryl methyl sites for hydroxylation is 1. The number of nitrogens with one attached hydrogen (secondary N) is 1. The SMILES string of the molecule is Cc1nsc(Cc2nc(C(=O)N(C)C)cs2)c1C(=O)Nc1ccc(F)c(F)c1. The Bertz CT molecular complexity index is 1050. The summed E-state index contributed by atoms with van der Waals surface area (Å²) in [7, 11) is 3.29. The molecular formula is C18H16F2N4O2S2. The highest BCUT2D eigenvalue weighted by Crippen LogP contribution is 2.25. The number of benzene rings is 1. The molecule has 0 atom stereocenters. The van der Waals surface area contributed by atoms with E-state index in [0.717, 1.165) is 12.1 Å². The third-order valence-electron chi connectivity index (χ3n) is 3.83. The van der Waals surface area contributed by atoms with E-state index in [1.165, 1.54) is 33.8 Å². The molecule has 0 spiro atoms. The van der Waals surface area contributed by atoms with Gasteiger partial charge >= 0.3 is 0 Å². The molecule has 2 aromatic heterocycles. The summed E-state index contributed by atoms with van der Waals surface area (Å²) in [6.45, 7) is 1.70. The molecule has 3 rings (SSSR count). The highest BCUT2D eigenvalue weighted by atomic mass is 32.1. The van der Waals surface area contributed by atoms with E-state index in [1.807, 2.05) is 0 Å². The molecule has 2 amide bonds. The third-order valence-corrected chi connectivity index (χ3v) is 5.61. The lowest BCUT2D eigenvalue weighted by Crippen LogP contribution is -2.21. The number of anilines is 1. The Balaban J connectivity index is 1.80. The Kier molecular flexibility index (Phi) is 5.80. The van der Waals surface area contributed by atoms with Crippen LogP contribution in [-0.2, 0) is 6.42 Å². The molecular weight excluding hydrogens is 406 g/mol. The fourth-order valence-corrected chi connectivity index (χ4v) is 4.20. The van der Waals surface area contributed by atoms with Crippen molar-refractivity contribution < 1.29 is 18.4 Å². The predicted octanol–water partition coefficient (Wildman–Crippen LogP) is 3.73. The van der Waals surface area contributed by atoms with Gasteiger partial charge in [0, 0.05) is 42.5 Å². The lowest BCUT2D eigenvalue weighted by Gasteiger charge is -2.07.